The first-order valence-electron chi connectivity index (χ1n) is 10.2. The molecule has 0 saturated heterocycles. The highest BCUT2D eigenvalue weighted by atomic mass is 32.1. The minimum absolute atomic E-state index is 0.0841. The van der Waals surface area contributed by atoms with Gasteiger partial charge in [0.2, 0.25) is 0 Å². The van der Waals surface area contributed by atoms with Gasteiger partial charge in [-0.1, -0.05) is 30.3 Å². The number of aromatic nitrogens is 2. The molecule has 0 radical (unpaired) electrons. The van der Waals surface area contributed by atoms with Crippen LogP contribution < -0.4 is 10.1 Å². The van der Waals surface area contributed by atoms with Gasteiger partial charge in [0.05, 0.1) is 16.3 Å². The lowest BCUT2D eigenvalue weighted by Gasteiger charge is -2.12. The SMILES string of the molecule is Cc1nn(-c2ccccc2)c2sc(C(=O)NCc3cccc(OCCN(C)C)c3)cc12. The van der Waals surface area contributed by atoms with Crippen LogP contribution in [0, 0.1) is 6.92 Å². The minimum atomic E-state index is -0.0841. The van der Waals surface area contributed by atoms with E-state index in [4.69, 9.17) is 4.74 Å². The van der Waals surface area contributed by atoms with Crippen molar-refractivity contribution < 1.29 is 9.53 Å². The summed E-state index contributed by atoms with van der Waals surface area (Å²) in [7, 11) is 4.03. The molecular weight excluding hydrogens is 408 g/mol. The molecule has 0 bridgehead atoms. The Morgan fingerprint density at radius 3 is 2.71 bits per heavy atom. The van der Waals surface area contributed by atoms with Crippen molar-refractivity contribution in [2.24, 2.45) is 0 Å². The largest absolute Gasteiger partial charge is 0.492 e. The van der Waals surface area contributed by atoms with Crippen molar-refractivity contribution in [3.8, 4) is 11.4 Å². The van der Waals surface area contributed by atoms with E-state index in [-0.39, 0.29) is 5.91 Å². The topological polar surface area (TPSA) is 59.4 Å². The van der Waals surface area contributed by atoms with Crippen LogP contribution in [-0.2, 0) is 6.54 Å². The van der Waals surface area contributed by atoms with Crippen LogP contribution in [0.1, 0.15) is 20.9 Å². The molecule has 2 heterocycles. The number of carbonyl (C=O) groups excluding carboxylic acids is 1. The van der Waals surface area contributed by atoms with E-state index in [1.54, 1.807) is 0 Å². The number of nitrogens with one attached hydrogen (secondary N) is 1. The van der Waals surface area contributed by atoms with Crippen molar-refractivity contribution in [1.29, 1.82) is 0 Å². The van der Waals surface area contributed by atoms with E-state index >= 15 is 0 Å². The number of hydrogen-bond donors (Lipinski definition) is 1. The molecule has 31 heavy (non-hydrogen) atoms. The molecule has 6 nitrogen and oxygen atoms in total. The highest BCUT2D eigenvalue weighted by Gasteiger charge is 2.17. The average molecular weight is 435 g/mol. The van der Waals surface area contributed by atoms with Crippen LogP contribution in [0.3, 0.4) is 0 Å². The molecule has 0 spiro atoms. The zero-order valence-corrected chi connectivity index (χ0v) is 18.8. The standard InChI is InChI=1S/C24H26N4O2S/c1-17-21-15-22(31-24(21)28(26-17)19-9-5-4-6-10-19)23(29)25-16-18-8-7-11-20(14-18)30-13-12-27(2)3/h4-11,14-15H,12-13,16H2,1-3H3,(H,25,29). The second-order valence-electron chi connectivity index (χ2n) is 7.64. The number of aryl methyl sites for hydroxylation is 1. The van der Waals surface area contributed by atoms with Gasteiger partial charge in [-0.05, 0) is 56.9 Å². The second kappa shape index (κ2) is 9.32. The zero-order valence-electron chi connectivity index (χ0n) is 18.0. The number of hydrogen-bond acceptors (Lipinski definition) is 5. The number of benzene rings is 2. The lowest BCUT2D eigenvalue weighted by molar-refractivity contribution is 0.0955. The summed E-state index contributed by atoms with van der Waals surface area (Å²) in [5.41, 5.74) is 2.90. The molecule has 7 heteroatoms. The van der Waals surface area contributed by atoms with Crippen molar-refractivity contribution in [2.75, 3.05) is 27.2 Å². The Kier molecular flexibility index (Phi) is 6.34. The van der Waals surface area contributed by atoms with E-state index in [9.17, 15) is 4.79 Å². The van der Waals surface area contributed by atoms with Gasteiger partial charge in [0.1, 0.15) is 17.2 Å². The highest BCUT2D eigenvalue weighted by Crippen LogP contribution is 2.30. The molecule has 0 saturated carbocycles. The normalized spacial score (nSPS) is 11.2. The summed E-state index contributed by atoms with van der Waals surface area (Å²) >= 11 is 1.46. The number of carbonyl (C=O) groups is 1. The van der Waals surface area contributed by atoms with Crippen LogP contribution in [0.25, 0.3) is 15.9 Å². The van der Waals surface area contributed by atoms with E-state index < -0.39 is 0 Å². The molecule has 0 aliphatic carbocycles. The van der Waals surface area contributed by atoms with Gasteiger partial charge in [0, 0.05) is 18.5 Å². The number of likely N-dealkylation sites (N-methyl/N-ethyl adjacent to an activating group) is 1. The van der Waals surface area contributed by atoms with Gasteiger partial charge in [-0.15, -0.1) is 11.3 Å². The Labute approximate surface area is 186 Å². The smallest absolute Gasteiger partial charge is 0.261 e. The number of fused-ring (bicyclic) bond motifs is 1. The molecular formula is C24H26N4O2S. The Morgan fingerprint density at radius 1 is 1.13 bits per heavy atom. The number of ether oxygens (including phenoxy) is 1. The monoisotopic (exact) mass is 434 g/mol. The molecule has 2 aromatic heterocycles. The fourth-order valence-corrected chi connectivity index (χ4v) is 4.36. The summed E-state index contributed by atoms with van der Waals surface area (Å²) in [5, 5.41) is 8.67. The van der Waals surface area contributed by atoms with Crippen molar-refractivity contribution >= 4 is 27.5 Å². The van der Waals surface area contributed by atoms with Crippen LogP contribution in [0.2, 0.25) is 0 Å². The quantitative estimate of drug-likeness (QED) is 0.450. The van der Waals surface area contributed by atoms with Gasteiger partial charge >= 0.3 is 0 Å². The lowest BCUT2D eigenvalue weighted by atomic mass is 10.2. The maximum Gasteiger partial charge on any atom is 0.261 e. The Hall–Kier alpha value is -3.16. The summed E-state index contributed by atoms with van der Waals surface area (Å²) < 4.78 is 7.69. The Balaban J connectivity index is 1.45. The predicted octanol–water partition coefficient (Wildman–Crippen LogP) is 4.27. The van der Waals surface area contributed by atoms with E-state index in [0.717, 1.165) is 39.5 Å². The van der Waals surface area contributed by atoms with Crippen LogP contribution in [0.4, 0.5) is 0 Å². The Bertz CT molecular complexity index is 1180. The molecule has 0 aliphatic rings. The maximum atomic E-state index is 12.8. The third-order valence-corrected chi connectivity index (χ3v) is 6.04. The molecule has 0 atom stereocenters. The molecule has 160 valence electrons. The average Bonchev–Trinajstić information content (AvgIpc) is 3.33. The van der Waals surface area contributed by atoms with E-state index in [0.29, 0.717) is 18.0 Å². The summed E-state index contributed by atoms with van der Waals surface area (Å²) in [4.78, 5) is 16.5. The molecule has 1 N–H and O–H groups in total. The molecule has 4 aromatic rings. The van der Waals surface area contributed by atoms with Gasteiger partial charge in [-0.2, -0.15) is 5.10 Å². The molecule has 0 aliphatic heterocycles. The molecule has 0 unspecified atom stereocenters. The zero-order chi connectivity index (χ0) is 21.8. The lowest BCUT2D eigenvalue weighted by Crippen LogP contribution is -2.22. The Morgan fingerprint density at radius 2 is 1.94 bits per heavy atom. The number of thiophene rings is 1. The van der Waals surface area contributed by atoms with Gasteiger partial charge in [0.15, 0.2) is 0 Å². The van der Waals surface area contributed by atoms with E-state index in [1.807, 2.05) is 86.4 Å². The minimum Gasteiger partial charge on any atom is -0.492 e. The van der Waals surface area contributed by atoms with Crippen molar-refractivity contribution in [2.45, 2.75) is 13.5 Å². The third-order valence-electron chi connectivity index (χ3n) is 4.93. The molecule has 4 rings (SSSR count). The van der Waals surface area contributed by atoms with Gasteiger partial charge < -0.3 is 15.0 Å². The summed E-state index contributed by atoms with van der Waals surface area (Å²) in [6.07, 6.45) is 0. The van der Waals surface area contributed by atoms with Gasteiger partial charge in [-0.3, -0.25) is 4.79 Å². The maximum absolute atomic E-state index is 12.8. The van der Waals surface area contributed by atoms with E-state index in [1.165, 1.54) is 11.3 Å². The fourth-order valence-electron chi connectivity index (χ4n) is 3.26. The van der Waals surface area contributed by atoms with Gasteiger partial charge in [-0.25, -0.2) is 4.68 Å². The number of amides is 1. The van der Waals surface area contributed by atoms with E-state index in [2.05, 4.69) is 15.3 Å². The molecule has 1 amide bonds. The number of nitrogens with zero attached hydrogens (tertiary/aromatic N) is 3. The van der Waals surface area contributed by atoms with Crippen LogP contribution in [0.5, 0.6) is 5.75 Å². The van der Waals surface area contributed by atoms with Crippen molar-refractivity contribution in [3.63, 3.8) is 0 Å². The second-order valence-corrected chi connectivity index (χ2v) is 8.67. The van der Waals surface area contributed by atoms with Crippen LogP contribution in [0.15, 0.2) is 60.7 Å². The van der Waals surface area contributed by atoms with Crippen molar-refractivity contribution in [1.82, 2.24) is 20.0 Å². The molecule has 2 aromatic carbocycles. The highest BCUT2D eigenvalue weighted by molar-refractivity contribution is 7.20. The number of rotatable bonds is 8. The first kappa shape index (κ1) is 21.1. The fraction of sp³-hybridized carbons (Fsp3) is 0.250. The summed E-state index contributed by atoms with van der Waals surface area (Å²) in [6, 6.07) is 19.7. The summed E-state index contributed by atoms with van der Waals surface area (Å²) in [5.74, 6) is 0.730. The number of para-hydroxylation sites is 1. The third kappa shape index (κ3) is 4.95. The first-order valence-corrected chi connectivity index (χ1v) is 11.0. The van der Waals surface area contributed by atoms with Crippen LogP contribution in [-0.4, -0.2) is 47.8 Å². The van der Waals surface area contributed by atoms with Gasteiger partial charge in [0.25, 0.3) is 5.91 Å². The van der Waals surface area contributed by atoms with Crippen LogP contribution >= 0.6 is 11.3 Å². The van der Waals surface area contributed by atoms with Crippen molar-refractivity contribution in [3.05, 3.63) is 76.8 Å². The first-order chi connectivity index (χ1) is 15.0. The summed E-state index contributed by atoms with van der Waals surface area (Å²) in [6.45, 7) is 3.90. The molecule has 0 fully saturated rings. The predicted molar refractivity (Wildman–Crippen MR) is 125 cm³/mol.